The molecular weight excluding hydrogens is 462 g/mol. The van der Waals surface area contributed by atoms with E-state index in [0.717, 1.165) is 18.4 Å². The summed E-state index contributed by atoms with van der Waals surface area (Å²) in [4.78, 5) is 22.9. The first-order valence-corrected chi connectivity index (χ1v) is 12.1. The third kappa shape index (κ3) is 5.89. The SMILES string of the molecule is CNCC(O)COc1cccc(-c2nc(C(=O)NC3CCOCC3)c(C)c(-c3c(C)noc3C)n2)c1. The summed E-state index contributed by atoms with van der Waals surface area (Å²) in [5, 5.41) is 20.1. The zero-order valence-corrected chi connectivity index (χ0v) is 21.1. The molecule has 10 heteroatoms. The lowest BCUT2D eigenvalue weighted by Gasteiger charge is -2.23. The number of carbonyl (C=O) groups excluding carboxylic acids is 1. The van der Waals surface area contributed by atoms with Gasteiger partial charge < -0.3 is 29.7 Å². The van der Waals surface area contributed by atoms with E-state index >= 15 is 0 Å². The van der Waals surface area contributed by atoms with Crippen molar-refractivity contribution in [1.29, 1.82) is 0 Å². The predicted molar refractivity (Wildman–Crippen MR) is 134 cm³/mol. The van der Waals surface area contributed by atoms with Gasteiger partial charge in [0, 0.05) is 36.9 Å². The minimum absolute atomic E-state index is 0.0346. The van der Waals surface area contributed by atoms with Gasteiger partial charge in [0.05, 0.1) is 17.0 Å². The number of carbonyl (C=O) groups is 1. The first-order chi connectivity index (χ1) is 17.4. The molecule has 0 bridgehead atoms. The number of hydrogen-bond donors (Lipinski definition) is 3. The summed E-state index contributed by atoms with van der Waals surface area (Å²) in [6.07, 6.45) is 0.886. The third-order valence-electron chi connectivity index (χ3n) is 6.16. The molecular formula is C26H33N5O5. The van der Waals surface area contributed by atoms with Crippen molar-refractivity contribution in [2.45, 2.75) is 45.8 Å². The summed E-state index contributed by atoms with van der Waals surface area (Å²) in [5.41, 5.74) is 3.68. The van der Waals surface area contributed by atoms with Crippen LogP contribution in [0.3, 0.4) is 0 Å². The molecule has 36 heavy (non-hydrogen) atoms. The van der Waals surface area contributed by atoms with E-state index in [2.05, 4.69) is 20.8 Å². The molecule has 1 aliphatic rings. The number of aromatic nitrogens is 3. The maximum Gasteiger partial charge on any atom is 0.270 e. The van der Waals surface area contributed by atoms with Crippen molar-refractivity contribution in [3.63, 3.8) is 0 Å². The molecule has 0 radical (unpaired) electrons. The smallest absolute Gasteiger partial charge is 0.270 e. The van der Waals surface area contributed by atoms with Gasteiger partial charge >= 0.3 is 0 Å². The van der Waals surface area contributed by atoms with Crippen molar-refractivity contribution < 1.29 is 23.9 Å². The highest BCUT2D eigenvalue weighted by Crippen LogP contribution is 2.32. The van der Waals surface area contributed by atoms with Gasteiger partial charge in [0.1, 0.15) is 29.9 Å². The summed E-state index contributed by atoms with van der Waals surface area (Å²) in [6.45, 7) is 7.32. The van der Waals surface area contributed by atoms with Gasteiger partial charge in [0.2, 0.25) is 0 Å². The fraction of sp³-hybridized carbons (Fsp3) is 0.462. The topological polar surface area (TPSA) is 132 Å². The highest BCUT2D eigenvalue weighted by molar-refractivity contribution is 5.96. The van der Waals surface area contributed by atoms with E-state index in [0.29, 0.717) is 65.3 Å². The van der Waals surface area contributed by atoms with Gasteiger partial charge in [-0.25, -0.2) is 9.97 Å². The second-order valence-corrected chi connectivity index (χ2v) is 8.98. The van der Waals surface area contributed by atoms with Gasteiger partial charge in [-0.3, -0.25) is 4.79 Å². The van der Waals surface area contributed by atoms with Crippen LogP contribution >= 0.6 is 0 Å². The van der Waals surface area contributed by atoms with E-state index in [1.54, 1.807) is 19.2 Å². The van der Waals surface area contributed by atoms with Gasteiger partial charge in [-0.2, -0.15) is 0 Å². The molecule has 1 unspecified atom stereocenters. The number of nitrogens with one attached hydrogen (secondary N) is 2. The monoisotopic (exact) mass is 495 g/mol. The molecule has 1 saturated heterocycles. The van der Waals surface area contributed by atoms with Gasteiger partial charge in [-0.1, -0.05) is 17.3 Å². The number of nitrogens with zero attached hydrogens (tertiary/aromatic N) is 3. The number of amides is 1. The number of ether oxygens (including phenoxy) is 2. The molecule has 4 rings (SSSR count). The number of aliphatic hydroxyl groups excluding tert-OH is 1. The van der Waals surface area contributed by atoms with E-state index in [1.165, 1.54) is 0 Å². The Balaban J connectivity index is 1.72. The number of hydrogen-bond acceptors (Lipinski definition) is 9. The largest absolute Gasteiger partial charge is 0.491 e. The molecule has 3 aromatic rings. The average molecular weight is 496 g/mol. The molecule has 2 aromatic heterocycles. The summed E-state index contributed by atoms with van der Waals surface area (Å²) in [7, 11) is 1.77. The minimum Gasteiger partial charge on any atom is -0.491 e. The highest BCUT2D eigenvalue weighted by Gasteiger charge is 2.25. The van der Waals surface area contributed by atoms with Crippen molar-refractivity contribution in [1.82, 2.24) is 25.8 Å². The van der Waals surface area contributed by atoms with E-state index in [4.69, 9.17) is 19.0 Å². The molecule has 1 aromatic carbocycles. The van der Waals surface area contributed by atoms with Crippen LogP contribution in [0.5, 0.6) is 5.75 Å². The fourth-order valence-electron chi connectivity index (χ4n) is 4.24. The van der Waals surface area contributed by atoms with Crippen LogP contribution < -0.4 is 15.4 Å². The van der Waals surface area contributed by atoms with Crippen molar-refractivity contribution in [2.24, 2.45) is 0 Å². The lowest BCUT2D eigenvalue weighted by molar-refractivity contribution is 0.0694. The molecule has 3 N–H and O–H groups in total. The quantitative estimate of drug-likeness (QED) is 0.410. The van der Waals surface area contributed by atoms with Crippen LogP contribution in [0.15, 0.2) is 28.8 Å². The zero-order valence-electron chi connectivity index (χ0n) is 21.1. The average Bonchev–Trinajstić information content (AvgIpc) is 3.21. The van der Waals surface area contributed by atoms with Crippen LogP contribution in [0.25, 0.3) is 22.6 Å². The van der Waals surface area contributed by atoms with E-state index in [1.807, 2.05) is 32.9 Å². The minimum atomic E-state index is -0.638. The maximum atomic E-state index is 13.4. The first kappa shape index (κ1) is 25.7. The van der Waals surface area contributed by atoms with E-state index in [9.17, 15) is 9.90 Å². The Labute approximate surface area is 210 Å². The number of rotatable bonds is 9. The summed E-state index contributed by atoms with van der Waals surface area (Å²) in [6, 6.07) is 7.33. The van der Waals surface area contributed by atoms with Crippen molar-refractivity contribution in [3.8, 4) is 28.4 Å². The predicted octanol–water partition coefficient (Wildman–Crippen LogP) is 2.59. The molecule has 1 fully saturated rings. The molecule has 3 heterocycles. The zero-order chi connectivity index (χ0) is 25.7. The number of aryl methyl sites for hydroxylation is 2. The van der Waals surface area contributed by atoms with Crippen LogP contribution in [0.4, 0.5) is 0 Å². The van der Waals surface area contributed by atoms with Gasteiger partial charge in [-0.05, 0) is 52.8 Å². The van der Waals surface area contributed by atoms with Crippen molar-refractivity contribution >= 4 is 5.91 Å². The Morgan fingerprint density at radius 2 is 2.00 bits per heavy atom. The van der Waals surface area contributed by atoms with E-state index < -0.39 is 6.10 Å². The number of aliphatic hydroxyl groups is 1. The second kappa shape index (κ2) is 11.6. The Morgan fingerprint density at radius 1 is 1.22 bits per heavy atom. The molecule has 0 aliphatic carbocycles. The summed E-state index contributed by atoms with van der Waals surface area (Å²) < 4.78 is 16.6. The maximum absolute atomic E-state index is 13.4. The molecule has 1 atom stereocenters. The molecule has 1 amide bonds. The third-order valence-corrected chi connectivity index (χ3v) is 6.16. The van der Waals surface area contributed by atoms with Crippen LogP contribution in [0, 0.1) is 20.8 Å². The van der Waals surface area contributed by atoms with Gasteiger partial charge in [-0.15, -0.1) is 0 Å². The van der Waals surface area contributed by atoms with Gasteiger partial charge in [0.15, 0.2) is 5.82 Å². The molecule has 192 valence electrons. The van der Waals surface area contributed by atoms with Crippen molar-refractivity contribution in [2.75, 3.05) is 33.4 Å². The number of benzene rings is 1. The van der Waals surface area contributed by atoms with Crippen LogP contribution in [-0.2, 0) is 4.74 Å². The van der Waals surface area contributed by atoms with E-state index in [-0.39, 0.29) is 18.6 Å². The molecule has 1 aliphatic heterocycles. The summed E-state index contributed by atoms with van der Waals surface area (Å²) in [5.74, 6) is 1.32. The molecule has 0 saturated carbocycles. The number of likely N-dealkylation sites (N-methyl/N-ethyl adjacent to an activating group) is 1. The molecule has 10 nitrogen and oxygen atoms in total. The standard InChI is InChI=1S/C26H33N5O5/c1-15-23(22-16(2)31-36-17(22)3)29-25(30-24(15)26(33)28-19-8-10-34-11-9-19)18-6-5-7-21(12-18)35-14-20(32)13-27-4/h5-7,12,19-20,27,32H,8-11,13-14H2,1-4H3,(H,28,33). The fourth-order valence-corrected chi connectivity index (χ4v) is 4.24. The van der Waals surface area contributed by atoms with Crippen LogP contribution in [0.1, 0.15) is 40.3 Å². The van der Waals surface area contributed by atoms with Gasteiger partial charge in [0.25, 0.3) is 5.91 Å². The lowest BCUT2D eigenvalue weighted by atomic mass is 10.0. The molecule has 0 spiro atoms. The Morgan fingerprint density at radius 3 is 2.69 bits per heavy atom. The summed E-state index contributed by atoms with van der Waals surface area (Å²) >= 11 is 0. The van der Waals surface area contributed by atoms with Crippen molar-refractivity contribution in [3.05, 3.63) is 47.0 Å². The van der Waals surface area contributed by atoms with Crippen LogP contribution in [0.2, 0.25) is 0 Å². The Kier molecular flexibility index (Phi) is 8.29. The normalized spacial score (nSPS) is 15.0. The Hall–Kier alpha value is -3.34. The first-order valence-electron chi connectivity index (χ1n) is 12.1. The Bertz CT molecular complexity index is 1190. The lowest BCUT2D eigenvalue weighted by Crippen LogP contribution is -2.39. The highest BCUT2D eigenvalue weighted by atomic mass is 16.5. The second-order valence-electron chi connectivity index (χ2n) is 8.98. The van der Waals surface area contributed by atoms with Crippen LogP contribution in [-0.4, -0.2) is 71.7 Å².